The number of hydrogen-bond acceptors (Lipinski definition) is 5. The smallest absolute Gasteiger partial charge is 0.334 e. The summed E-state index contributed by atoms with van der Waals surface area (Å²) in [6.45, 7) is 5.42. The van der Waals surface area contributed by atoms with E-state index in [1.807, 2.05) is 56.3 Å². The molecule has 0 saturated carbocycles. The van der Waals surface area contributed by atoms with Gasteiger partial charge in [0.1, 0.15) is 6.04 Å². The van der Waals surface area contributed by atoms with Crippen LogP contribution in [0.1, 0.15) is 26.3 Å². The van der Waals surface area contributed by atoms with E-state index in [9.17, 15) is 19.5 Å². The van der Waals surface area contributed by atoms with Gasteiger partial charge in [0.05, 0.1) is 13.2 Å². The number of rotatable bonds is 10. The summed E-state index contributed by atoms with van der Waals surface area (Å²) < 4.78 is 5.13. The third-order valence-corrected chi connectivity index (χ3v) is 4.67. The van der Waals surface area contributed by atoms with Crippen LogP contribution in [0.3, 0.4) is 0 Å². The van der Waals surface area contributed by atoms with Gasteiger partial charge in [-0.2, -0.15) is 0 Å². The van der Waals surface area contributed by atoms with E-state index >= 15 is 0 Å². The number of carboxylic acid groups (broad SMARTS) is 1. The van der Waals surface area contributed by atoms with Gasteiger partial charge in [-0.25, -0.2) is 14.4 Å². The number of benzene rings is 2. The third-order valence-electron chi connectivity index (χ3n) is 4.67. The van der Waals surface area contributed by atoms with Crippen molar-refractivity contribution in [3.05, 3.63) is 48.0 Å². The highest BCUT2D eigenvalue weighted by molar-refractivity contribution is 5.85. The summed E-state index contributed by atoms with van der Waals surface area (Å²) in [5.41, 5.74) is 0.845. The molecule has 3 N–H and O–H groups in total. The monoisotopic (exact) mass is 430 g/mol. The second kappa shape index (κ2) is 11.3. The summed E-state index contributed by atoms with van der Waals surface area (Å²) >= 11 is 0. The number of aliphatic carboxylic acids is 1. The number of carbonyl (C=O) groups is 3. The maximum atomic E-state index is 12.9. The van der Waals surface area contributed by atoms with Crippen LogP contribution in [0.4, 0.5) is 4.79 Å². The predicted molar refractivity (Wildman–Crippen MR) is 117 cm³/mol. The van der Waals surface area contributed by atoms with Gasteiger partial charge in [0, 0.05) is 13.0 Å². The minimum absolute atomic E-state index is 0.0354. The molecule has 2 rings (SSSR count). The highest BCUT2D eigenvalue weighted by Gasteiger charge is 2.28. The fraction of sp³-hybridized carbons (Fsp3) is 0.435. The second-order valence-electron chi connectivity index (χ2n) is 7.79. The molecule has 31 heavy (non-hydrogen) atoms. The number of nitrogens with zero attached hydrogens (tertiary/aromatic N) is 1. The number of aliphatic hydroxyl groups excluding tert-OH is 1. The molecule has 0 spiro atoms. The number of ether oxygens (including phenoxy) is 1. The maximum absolute atomic E-state index is 12.9. The lowest BCUT2D eigenvalue weighted by atomic mass is 10.0. The highest BCUT2D eigenvalue weighted by Crippen LogP contribution is 2.17. The molecule has 0 bridgehead atoms. The molecule has 2 amide bonds. The van der Waals surface area contributed by atoms with Crippen molar-refractivity contribution < 1.29 is 29.3 Å². The lowest BCUT2D eigenvalue weighted by Crippen LogP contribution is -2.52. The zero-order valence-corrected chi connectivity index (χ0v) is 18.1. The van der Waals surface area contributed by atoms with Crippen molar-refractivity contribution in [1.82, 2.24) is 10.2 Å². The molecule has 0 aliphatic carbocycles. The number of fused-ring (bicyclic) bond motifs is 1. The van der Waals surface area contributed by atoms with Gasteiger partial charge in [-0.05, 0) is 29.2 Å². The fourth-order valence-electron chi connectivity index (χ4n) is 3.25. The van der Waals surface area contributed by atoms with Crippen molar-refractivity contribution in [3.8, 4) is 0 Å². The second-order valence-corrected chi connectivity index (χ2v) is 7.79. The first-order valence-corrected chi connectivity index (χ1v) is 10.3. The van der Waals surface area contributed by atoms with Crippen LogP contribution >= 0.6 is 0 Å². The minimum Gasteiger partial charge on any atom is -0.479 e. The number of nitrogens with one attached hydrogen (secondary N) is 1. The molecule has 0 saturated heterocycles. The van der Waals surface area contributed by atoms with E-state index in [4.69, 9.17) is 9.84 Å². The Labute approximate surface area is 181 Å². The van der Waals surface area contributed by atoms with Crippen LogP contribution in [0, 0.1) is 5.92 Å². The number of esters is 1. The molecule has 0 radical (unpaired) electrons. The maximum Gasteiger partial charge on any atom is 0.334 e. The average molecular weight is 431 g/mol. The number of amides is 2. The fourth-order valence-corrected chi connectivity index (χ4v) is 3.25. The molecule has 0 fully saturated rings. The molecule has 8 heteroatoms. The number of carboxylic acids is 1. The van der Waals surface area contributed by atoms with Gasteiger partial charge in [0.15, 0.2) is 6.10 Å². The molecule has 8 nitrogen and oxygen atoms in total. The zero-order chi connectivity index (χ0) is 23.0. The average Bonchev–Trinajstić information content (AvgIpc) is 2.72. The lowest BCUT2D eigenvalue weighted by molar-refractivity contribution is -0.148. The Morgan fingerprint density at radius 1 is 1.06 bits per heavy atom. The molecule has 2 aromatic rings. The van der Waals surface area contributed by atoms with Crippen molar-refractivity contribution in [3.63, 3.8) is 0 Å². The Morgan fingerprint density at radius 2 is 1.74 bits per heavy atom. The van der Waals surface area contributed by atoms with Gasteiger partial charge < -0.3 is 25.2 Å². The quantitative estimate of drug-likeness (QED) is 0.499. The molecule has 0 aliphatic heterocycles. The molecule has 168 valence electrons. The molecule has 2 unspecified atom stereocenters. The van der Waals surface area contributed by atoms with Crippen molar-refractivity contribution in [2.75, 3.05) is 19.7 Å². The molecule has 0 aliphatic rings. The lowest BCUT2D eigenvalue weighted by Gasteiger charge is -2.28. The van der Waals surface area contributed by atoms with Gasteiger partial charge in [-0.3, -0.25) is 0 Å². The van der Waals surface area contributed by atoms with Gasteiger partial charge in [-0.15, -0.1) is 0 Å². The van der Waals surface area contributed by atoms with E-state index in [-0.39, 0.29) is 32.0 Å². The largest absolute Gasteiger partial charge is 0.479 e. The molecule has 2 aromatic carbocycles. The Morgan fingerprint density at radius 3 is 2.35 bits per heavy atom. The van der Waals surface area contributed by atoms with Crippen molar-refractivity contribution in [1.29, 1.82) is 0 Å². The van der Waals surface area contributed by atoms with E-state index < -0.39 is 30.1 Å². The number of hydrogen-bond donors (Lipinski definition) is 3. The van der Waals surface area contributed by atoms with Crippen molar-refractivity contribution >= 4 is 28.7 Å². The number of carbonyl (C=O) groups excluding carboxylic acids is 2. The molecule has 0 heterocycles. The first-order valence-electron chi connectivity index (χ1n) is 10.3. The van der Waals surface area contributed by atoms with Crippen LogP contribution in [0.25, 0.3) is 10.8 Å². The summed E-state index contributed by atoms with van der Waals surface area (Å²) in [6, 6.07) is 12.0. The Balaban J connectivity index is 2.21. The standard InChI is InChI=1S/C23H30N2O6/c1-4-31-22(29)19(12-16-9-10-17-7-5-6-8-18(17)11-16)24-23(30)25(13-15(2)3)14-20(26)21(27)28/h5-11,15,19-20,26H,4,12-14H2,1-3H3,(H,24,30)(H,27,28). The normalized spacial score (nSPS) is 12.9. The van der Waals surface area contributed by atoms with Crippen molar-refractivity contribution in [2.45, 2.75) is 39.3 Å². The molecule has 2 atom stereocenters. The number of urea groups is 1. The molecular formula is C23H30N2O6. The van der Waals surface area contributed by atoms with Crippen LogP contribution in [-0.2, 0) is 20.7 Å². The zero-order valence-electron chi connectivity index (χ0n) is 18.1. The van der Waals surface area contributed by atoms with Gasteiger partial charge in [0.2, 0.25) is 0 Å². The Hall–Kier alpha value is -3.13. The highest BCUT2D eigenvalue weighted by atomic mass is 16.5. The van der Waals surface area contributed by atoms with E-state index in [1.165, 1.54) is 4.90 Å². The van der Waals surface area contributed by atoms with Crippen LogP contribution in [0.5, 0.6) is 0 Å². The van der Waals surface area contributed by atoms with E-state index in [2.05, 4.69) is 5.32 Å². The van der Waals surface area contributed by atoms with E-state index in [0.717, 1.165) is 16.3 Å². The van der Waals surface area contributed by atoms with Crippen LogP contribution in [-0.4, -0.2) is 64.9 Å². The minimum atomic E-state index is -1.72. The predicted octanol–water partition coefficient (Wildman–Crippen LogP) is 2.43. The Kier molecular flexibility index (Phi) is 8.81. The van der Waals surface area contributed by atoms with Crippen LogP contribution in [0.2, 0.25) is 0 Å². The summed E-state index contributed by atoms with van der Waals surface area (Å²) in [4.78, 5) is 37.6. The Bertz CT molecular complexity index is 914. The molecule has 0 aromatic heterocycles. The molecular weight excluding hydrogens is 400 g/mol. The summed E-state index contributed by atoms with van der Waals surface area (Å²) in [5.74, 6) is -1.96. The SMILES string of the molecule is CCOC(=O)C(Cc1ccc2ccccc2c1)NC(=O)N(CC(C)C)CC(O)C(=O)O. The van der Waals surface area contributed by atoms with E-state index in [0.29, 0.717) is 0 Å². The first kappa shape index (κ1) is 24.1. The summed E-state index contributed by atoms with van der Waals surface area (Å²) in [6.07, 6.45) is -1.50. The van der Waals surface area contributed by atoms with Gasteiger partial charge in [-0.1, -0.05) is 56.3 Å². The summed E-state index contributed by atoms with van der Waals surface area (Å²) in [7, 11) is 0. The van der Waals surface area contributed by atoms with Crippen LogP contribution < -0.4 is 5.32 Å². The van der Waals surface area contributed by atoms with Gasteiger partial charge in [0.25, 0.3) is 0 Å². The number of aliphatic hydroxyl groups is 1. The van der Waals surface area contributed by atoms with Crippen molar-refractivity contribution in [2.24, 2.45) is 5.92 Å². The first-order chi connectivity index (χ1) is 14.7. The van der Waals surface area contributed by atoms with Crippen LogP contribution in [0.15, 0.2) is 42.5 Å². The third kappa shape index (κ3) is 7.25. The topological polar surface area (TPSA) is 116 Å². The summed E-state index contributed by atoms with van der Waals surface area (Å²) in [5, 5.41) is 23.4. The van der Waals surface area contributed by atoms with E-state index in [1.54, 1.807) is 6.92 Å². The van der Waals surface area contributed by atoms with Gasteiger partial charge >= 0.3 is 18.0 Å².